The molecule has 1 saturated carbocycles. The zero-order valence-corrected chi connectivity index (χ0v) is 13.8. The number of rotatable bonds is 3. The van der Waals surface area contributed by atoms with E-state index < -0.39 is 4.92 Å². The second-order valence-corrected chi connectivity index (χ2v) is 6.72. The predicted octanol–water partition coefficient (Wildman–Crippen LogP) is 3.68. The summed E-state index contributed by atoms with van der Waals surface area (Å²) in [5.41, 5.74) is 1.06. The molecule has 0 saturated heterocycles. The van der Waals surface area contributed by atoms with Crippen molar-refractivity contribution in [3.63, 3.8) is 0 Å². The lowest BCUT2D eigenvalue weighted by molar-refractivity contribution is -0.385. The summed E-state index contributed by atoms with van der Waals surface area (Å²) in [4.78, 5) is 25.0. The third-order valence-corrected chi connectivity index (χ3v) is 5.17. The van der Waals surface area contributed by atoms with Gasteiger partial charge in [-0.3, -0.25) is 14.9 Å². The molecule has 0 spiro atoms. The van der Waals surface area contributed by atoms with Crippen LogP contribution in [0.15, 0.2) is 18.2 Å². The van der Waals surface area contributed by atoms with E-state index in [2.05, 4.69) is 15.9 Å². The zero-order valence-electron chi connectivity index (χ0n) is 12.2. The molecular formula is C15H19BrN2O3. The minimum atomic E-state index is -0.428. The van der Waals surface area contributed by atoms with Crippen LogP contribution in [0.1, 0.15) is 41.6 Å². The molecule has 1 aliphatic rings. The molecule has 5 nitrogen and oxygen atoms in total. The van der Waals surface area contributed by atoms with E-state index in [1.807, 2.05) is 7.05 Å². The number of nitro groups is 1. The molecule has 1 aliphatic carbocycles. The van der Waals surface area contributed by atoms with E-state index in [0.717, 1.165) is 19.3 Å². The summed E-state index contributed by atoms with van der Waals surface area (Å²) in [6.45, 7) is 1.66. The molecule has 0 N–H and O–H groups in total. The summed E-state index contributed by atoms with van der Waals surface area (Å²) >= 11 is 3.66. The largest absolute Gasteiger partial charge is 0.338 e. The lowest BCUT2D eigenvalue weighted by atomic mass is 9.94. The van der Waals surface area contributed by atoms with E-state index >= 15 is 0 Å². The van der Waals surface area contributed by atoms with Crippen LogP contribution in [0.5, 0.6) is 0 Å². The third kappa shape index (κ3) is 3.43. The molecule has 2 unspecified atom stereocenters. The van der Waals surface area contributed by atoms with Crippen molar-refractivity contribution in [3.8, 4) is 0 Å². The lowest BCUT2D eigenvalue weighted by Crippen LogP contribution is -2.44. The number of carbonyl (C=O) groups excluding carboxylic acids is 1. The maximum Gasteiger partial charge on any atom is 0.272 e. The van der Waals surface area contributed by atoms with Crippen LogP contribution in [0.2, 0.25) is 0 Å². The van der Waals surface area contributed by atoms with Crippen LogP contribution in [0.4, 0.5) is 5.69 Å². The Hall–Kier alpha value is -1.43. The highest BCUT2D eigenvalue weighted by Gasteiger charge is 2.29. The average molecular weight is 355 g/mol. The Morgan fingerprint density at radius 1 is 1.38 bits per heavy atom. The molecule has 0 radical (unpaired) electrons. The summed E-state index contributed by atoms with van der Waals surface area (Å²) in [5.74, 6) is -0.0793. The highest BCUT2D eigenvalue weighted by atomic mass is 79.9. The Morgan fingerprint density at radius 3 is 2.62 bits per heavy atom. The van der Waals surface area contributed by atoms with Crippen molar-refractivity contribution < 1.29 is 9.72 Å². The fourth-order valence-electron chi connectivity index (χ4n) is 2.85. The van der Waals surface area contributed by atoms with Gasteiger partial charge in [0.1, 0.15) is 0 Å². The Kier molecular flexibility index (Phi) is 4.98. The van der Waals surface area contributed by atoms with E-state index in [-0.39, 0.29) is 17.6 Å². The Morgan fingerprint density at radius 2 is 2.05 bits per heavy atom. The van der Waals surface area contributed by atoms with Crippen LogP contribution < -0.4 is 0 Å². The van der Waals surface area contributed by atoms with Gasteiger partial charge in [0.05, 0.1) is 4.92 Å². The van der Waals surface area contributed by atoms with Gasteiger partial charge < -0.3 is 4.90 Å². The maximum atomic E-state index is 12.6. The van der Waals surface area contributed by atoms with Gasteiger partial charge in [-0.1, -0.05) is 28.8 Å². The highest BCUT2D eigenvalue weighted by molar-refractivity contribution is 9.09. The van der Waals surface area contributed by atoms with Gasteiger partial charge in [0.15, 0.2) is 0 Å². The fraction of sp³-hybridized carbons (Fsp3) is 0.533. The number of amides is 1. The zero-order chi connectivity index (χ0) is 15.6. The molecule has 0 heterocycles. The maximum absolute atomic E-state index is 12.6. The summed E-state index contributed by atoms with van der Waals surface area (Å²) in [7, 11) is 1.81. The quantitative estimate of drug-likeness (QED) is 0.472. The van der Waals surface area contributed by atoms with E-state index in [0.29, 0.717) is 16.0 Å². The topological polar surface area (TPSA) is 63.5 Å². The van der Waals surface area contributed by atoms with E-state index in [1.165, 1.54) is 18.6 Å². The van der Waals surface area contributed by atoms with Crippen molar-refractivity contribution in [2.75, 3.05) is 7.05 Å². The molecule has 1 fully saturated rings. The third-order valence-electron chi connectivity index (χ3n) is 4.11. The van der Waals surface area contributed by atoms with Crippen LogP contribution in [0.25, 0.3) is 0 Å². The minimum absolute atomic E-state index is 0.0465. The van der Waals surface area contributed by atoms with Crippen molar-refractivity contribution in [1.29, 1.82) is 0 Å². The summed E-state index contributed by atoms with van der Waals surface area (Å²) in [6, 6.07) is 4.73. The van der Waals surface area contributed by atoms with Crippen molar-refractivity contribution in [3.05, 3.63) is 39.4 Å². The number of nitrogens with zero attached hydrogens (tertiary/aromatic N) is 2. The smallest absolute Gasteiger partial charge is 0.272 e. The molecule has 0 aromatic heterocycles. The number of carbonyl (C=O) groups is 1. The normalized spacial score (nSPS) is 21.9. The van der Waals surface area contributed by atoms with Crippen molar-refractivity contribution in [2.24, 2.45) is 0 Å². The molecule has 114 valence electrons. The van der Waals surface area contributed by atoms with Gasteiger partial charge in [0.25, 0.3) is 11.6 Å². The number of benzene rings is 1. The molecule has 21 heavy (non-hydrogen) atoms. The summed E-state index contributed by atoms with van der Waals surface area (Å²) < 4.78 is 0. The molecule has 6 heteroatoms. The monoisotopic (exact) mass is 354 g/mol. The minimum Gasteiger partial charge on any atom is -0.338 e. The lowest BCUT2D eigenvalue weighted by Gasteiger charge is -2.35. The van der Waals surface area contributed by atoms with Gasteiger partial charge >= 0.3 is 0 Å². The van der Waals surface area contributed by atoms with Crippen molar-refractivity contribution in [2.45, 2.75) is 43.5 Å². The van der Waals surface area contributed by atoms with Crippen molar-refractivity contribution >= 4 is 27.5 Å². The van der Waals surface area contributed by atoms with E-state index in [1.54, 1.807) is 17.9 Å². The van der Waals surface area contributed by atoms with E-state index in [9.17, 15) is 14.9 Å². The molecule has 0 aliphatic heterocycles. The second-order valence-electron chi connectivity index (χ2n) is 5.54. The van der Waals surface area contributed by atoms with E-state index in [4.69, 9.17) is 0 Å². The van der Waals surface area contributed by atoms with Gasteiger partial charge in [-0.15, -0.1) is 0 Å². The van der Waals surface area contributed by atoms with Crippen molar-refractivity contribution in [1.82, 2.24) is 4.90 Å². The average Bonchev–Trinajstić information content (AvgIpc) is 2.45. The van der Waals surface area contributed by atoms with Gasteiger partial charge in [0.2, 0.25) is 0 Å². The van der Waals surface area contributed by atoms with Gasteiger partial charge in [0, 0.05) is 35.1 Å². The number of aryl methyl sites for hydroxylation is 1. The predicted molar refractivity (Wildman–Crippen MR) is 84.9 cm³/mol. The molecule has 0 bridgehead atoms. The Balaban J connectivity index is 2.19. The summed E-state index contributed by atoms with van der Waals surface area (Å²) in [5, 5.41) is 10.8. The number of halogens is 1. The Bertz CT molecular complexity index is 562. The first-order chi connectivity index (χ1) is 9.91. The number of hydrogen-bond donors (Lipinski definition) is 0. The van der Waals surface area contributed by atoms with Crippen LogP contribution >= 0.6 is 15.9 Å². The first kappa shape index (κ1) is 15.9. The van der Waals surface area contributed by atoms with Crippen LogP contribution in [0.3, 0.4) is 0 Å². The first-order valence-electron chi connectivity index (χ1n) is 7.08. The molecule has 1 aromatic carbocycles. The summed E-state index contributed by atoms with van der Waals surface area (Å²) in [6.07, 6.45) is 4.38. The van der Waals surface area contributed by atoms with Gasteiger partial charge in [-0.05, 0) is 31.9 Å². The molecule has 2 rings (SSSR count). The van der Waals surface area contributed by atoms with Gasteiger partial charge in [-0.25, -0.2) is 0 Å². The highest BCUT2D eigenvalue weighted by Crippen LogP contribution is 2.29. The fourth-order valence-corrected chi connectivity index (χ4v) is 3.79. The number of alkyl halides is 1. The molecular weight excluding hydrogens is 336 g/mol. The number of hydrogen-bond acceptors (Lipinski definition) is 3. The molecule has 2 atom stereocenters. The second kappa shape index (κ2) is 6.56. The molecule has 1 aromatic rings. The van der Waals surface area contributed by atoms with Crippen LogP contribution in [0, 0.1) is 17.0 Å². The number of nitro benzene ring substituents is 1. The molecule has 1 amide bonds. The van der Waals surface area contributed by atoms with Gasteiger partial charge in [-0.2, -0.15) is 0 Å². The standard InChI is InChI=1S/C15H19BrN2O3/c1-10-9-11(7-8-13(10)18(20)21)15(19)17(2)14-6-4-3-5-12(14)16/h7-9,12,14H,3-6H2,1-2H3. The Labute approximate surface area is 132 Å². The van der Waals surface area contributed by atoms with Crippen LogP contribution in [-0.2, 0) is 0 Å². The van der Waals surface area contributed by atoms with Crippen LogP contribution in [-0.4, -0.2) is 33.6 Å². The first-order valence-corrected chi connectivity index (χ1v) is 7.99. The SMILES string of the molecule is Cc1cc(C(=O)N(C)C2CCCCC2Br)ccc1[N+](=O)[O-].